The van der Waals surface area contributed by atoms with Gasteiger partial charge in [0.25, 0.3) is 0 Å². The Hall–Kier alpha value is -2.34. The third-order valence-corrected chi connectivity index (χ3v) is 3.76. The maximum absolute atomic E-state index is 11.5. The van der Waals surface area contributed by atoms with Crippen molar-refractivity contribution in [1.82, 2.24) is 9.38 Å². The number of imidazole rings is 1. The number of hydrogen-bond donors (Lipinski definition) is 0. The number of rotatable bonds is 4. The first kappa shape index (κ1) is 14.6. The van der Waals surface area contributed by atoms with Gasteiger partial charge in [-0.2, -0.15) is 0 Å². The summed E-state index contributed by atoms with van der Waals surface area (Å²) in [7, 11) is 1.35. The number of halogens is 1. The van der Waals surface area contributed by atoms with Gasteiger partial charge in [0.15, 0.2) is 0 Å². The predicted molar refractivity (Wildman–Crippen MR) is 85.0 cm³/mol. The molecule has 0 spiro atoms. The van der Waals surface area contributed by atoms with Gasteiger partial charge in [-0.1, -0.05) is 6.07 Å². The van der Waals surface area contributed by atoms with Crippen LogP contribution >= 0.6 is 15.9 Å². The molecule has 0 aliphatic rings. The van der Waals surface area contributed by atoms with Crippen molar-refractivity contribution >= 4 is 27.5 Å². The second kappa shape index (κ2) is 6.19. The van der Waals surface area contributed by atoms with Gasteiger partial charge in [-0.25, -0.2) is 9.78 Å². The number of aromatic nitrogens is 2. The molecule has 3 aromatic rings. The molecule has 0 saturated heterocycles. The molecule has 6 heteroatoms. The highest BCUT2D eigenvalue weighted by molar-refractivity contribution is 9.10. The Labute approximate surface area is 135 Å². The van der Waals surface area contributed by atoms with Gasteiger partial charge in [0, 0.05) is 12.4 Å². The molecule has 0 fully saturated rings. The lowest BCUT2D eigenvalue weighted by Gasteiger charge is -2.08. The van der Waals surface area contributed by atoms with E-state index < -0.39 is 0 Å². The number of ether oxygens (including phenoxy) is 2. The van der Waals surface area contributed by atoms with E-state index in [1.807, 2.05) is 35.0 Å². The third-order valence-electron chi connectivity index (χ3n) is 3.14. The van der Waals surface area contributed by atoms with Gasteiger partial charge in [-0.05, 0) is 46.3 Å². The molecule has 0 N–H and O–H groups in total. The van der Waals surface area contributed by atoms with Crippen LogP contribution in [0.2, 0.25) is 0 Å². The smallest absolute Gasteiger partial charge is 0.337 e. The number of carbonyl (C=O) groups is 1. The van der Waals surface area contributed by atoms with E-state index in [9.17, 15) is 4.79 Å². The summed E-state index contributed by atoms with van der Waals surface area (Å²) in [5.74, 6) is 0.261. The molecule has 0 unspecified atom stereocenters. The van der Waals surface area contributed by atoms with Gasteiger partial charge >= 0.3 is 5.97 Å². The van der Waals surface area contributed by atoms with E-state index in [2.05, 4.69) is 25.7 Å². The van der Waals surface area contributed by atoms with Crippen LogP contribution in [-0.2, 0) is 11.3 Å². The normalized spacial score (nSPS) is 10.6. The molecular weight excluding hydrogens is 348 g/mol. The molecule has 0 amide bonds. The van der Waals surface area contributed by atoms with E-state index in [0.717, 1.165) is 11.3 Å². The second-order valence-electron chi connectivity index (χ2n) is 4.62. The van der Waals surface area contributed by atoms with E-state index in [-0.39, 0.29) is 5.97 Å². The van der Waals surface area contributed by atoms with Gasteiger partial charge < -0.3 is 13.9 Å². The van der Waals surface area contributed by atoms with E-state index >= 15 is 0 Å². The van der Waals surface area contributed by atoms with E-state index in [0.29, 0.717) is 22.4 Å². The van der Waals surface area contributed by atoms with Crippen molar-refractivity contribution in [2.45, 2.75) is 6.61 Å². The zero-order chi connectivity index (χ0) is 15.5. The molecule has 3 rings (SSSR count). The van der Waals surface area contributed by atoms with Crippen molar-refractivity contribution in [1.29, 1.82) is 0 Å². The van der Waals surface area contributed by atoms with Crippen LogP contribution in [0.1, 0.15) is 16.1 Å². The van der Waals surface area contributed by atoms with Gasteiger partial charge in [0.2, 0.25) is 0 Å². The fourth-order valence-electron chi connectivity index (χ4n) is 2.07. The van der Waals surface area contributed by atoms with Gasteiger partial charge in [0.1, 0.15) is 18.0 Å². The topological polar surface area (TPSA) is 52.8 Å². The molecule has 0 radical (unpaired) electrons. The summed E-state index contributed by atoms with van der Waals surface area (Å²) in [5.41, 5.74) is 2.17. The Morgan fingerprint density at radius 3 is 2.91 bits per heavy atom. The monoisotopic (exact) mass is 360 g/mol. The largest absolute Gasteiger partial charge is 0.486 e. The molecule has 0 aliphatic heterocycles. The Kier molecular flexibility index (Phi) is 4.11. The number of carbonyl (C=O) groups excluding carboxylic acids is 1. The molecule has 0 aliphatic carbocycles. The third kappa shape index (κ3) is 2.96. The minimum Gasteiger partial charge on any atom is -0.486 e. The van der Waals surface area contributed by atoms with Crippen molar-refractivity contribution in [3.8, 4) is 5.75 Å². The first-order chi connectivity index (χ1) is 10.7. The number of esters is 1. The Bertz CT molecular complexity index is 796. The van der Waals surface area contributed by atoms with Crippen molar-refractivity contribution in [3.63, 3.8) is 0 Å². The van der Waals surface area contributed by atoms with Crippen molar-refractivity contribution < 1.29 is 14.3 Å². The summed E-state index contributed by atoms with van der Waals surface area (Å²) in [6.45, 7) is 0.345. The molecule has 0 saturated carbocycles. The molecule has 0 bridgehead atoms. The summed E-state index contributed by atoms with van der Waals surface area (Å²) in [5, 5.41) is 0. The SMILES string of the molecule is COC(=O)c1ccc(OCc2cn3ccccc3n2)c(Br)c1. The zero-order valence-corrected chi connectivity index (χ0v) is 13.4. The maximum Gasteiger partial charge on any atom is 0.337 e. The van der Waals surface area contributed by atoms with E-state index in [4.69, 9.17) is 4.74 Å². The first-order valence-corrected chi connectivity index (χ1v) is 7.40. The fraction of sp³-hybridized carbons (Fsp3) is 0.125. The van der Waals surface area contributed by atoms with Gasteiger partial charge in [0.05, 0.1) is 22.8 Å². The molecule has 1 aromatic carbocycles. The molecule has 112 valence electrons. The van der Waals surface area contributed by atoms with Crippen LogP contribution in [0.25, 0.3) is 5.65 Å². The molecule has 2 aromatic heterocycles. The summed E-state index contributed by atoms with van der Waals surface area (Å²) < 4.78 is 13.1. The minimum absolute atomic E-state index is 0.345. The molecule has 5 nitrogen and oxygen atoms in total. The first-order valence-electron chi connectivity index (χ1n) is 6.60. The van der Waals surface area contributed by atoms with Crippen LogP contribution in [0.15, 0.2) is 53.3 Å². The number of nitrogens with zero attached hydrogens (tertiary/aromatic N) is 2. The maximum atomic E-state index is 11.5. The number of methoxy groups -OCH3 is 1. The Balaban J connectivity index is 1.74. The number of pyridine rings is 1. The average molecular weight is 361 g/mol. The lowest BCUT2D eigenvalue weighted by atomic mass is 10.2. The van der Waals surface area contributed by atoms with Gasteiger partial charge in [-0.3, -0.25) is 0 Å². The zero-order valence-electron chi connectivity index (χ0n) is 11.8. The minimum atomic E-state index is -0.382. The van der Waals surface area contributed by atoms with Crippen molar-refractivity contribution in [3.05, 3.63) is 64.5 Å². The molecule has 0 atom stereocenters. The van der Waals surface area contributed by atoms with Crippen LogP contribution in [0.4, 0.5) is 0 Å². The lowest BCUT2D eigenvalue weighted by Crippen LogP contribution is -2.02. The average Bonchev–Trinajstić information content (AvgIpc) is 2.95. The number of benzene rings is 1. The van der Waals surface area contributed by atoms with E-state index in [1.54, 1.807) is 18.2 Å². The van der Waals surface area contributed by atoms with Crippen molar-refractivity contribution in [2.24, 2.45) is 0 Å². The fourth-order valence-corrected chi connectivity index (χ4v) is 2.56. The van der Waals surface area contributed by atoms with Crippen LogP contribution in [-0.4, -0.2) is 22.5 Å². The van der Waals surface area contributed by atoms with Gasteiger partial charge in [-0.15, -0.1) is 0 Å². The van der Waals surface area contributed by atoms with Crippen molar-refractivity contribution in [2.75, 3.05) is 7.11 Å². The van der Waals surface area contributed by atoms with Crippen LogP contribution in [0.3, 0.4) is 0 Å². The summed E-state index contributed by atoms with van der Waals surface area (Å²) in [6, 6.07) is 10.9. The molecule has 22 heavy (non-hydrogen) atoms. The Morgan fingerprint density at radius 1 is 1.32 bits per heavy atom. The predicted octanol–water partition coefficient (Wildman–Crippen LogP) is 3.46. The number of hydrogen-bond acceptors (Lipinski definition) is 4. The second-order valence-corrected chi connectivity index (χ2v) is 5.48. The highest BCUT2D eigenvalue weighted by Crippen LogP contribution is 2.27. The summed E-state index contributed by atoms with van der Waals surface area (Å²) in [4.78, 5) is 15.9. The van der Waals surface area contributed by atoms with E-state index in [1.165, 1.54) is 7.11 Å². The van der Waals surface area contributed by atoms with Crippen LogP contribution in [0.5, 0.6) is 5.75 Å². The number of fused-ring (bicyclic) bond motifs is 1. The Morgan fingerprint density at radius 2 is 2.18 bits per heavy atom. The van der Waals surface area contributed by atoms with Crippen LogP contribution in [0, 0.1) is 0 Å². The standard InChI is InChI=1S/C16H13BrN2O3/c1-21-16(20)11-5-6-14(13(17)8-11)22-10-12-9-19-7-3-2-4-15(19)18-12/h2-9H,10H2,1H3. The highest BCUT2D eigenvalue weighted by atomic mass is 79.9. The summed E-state index contributed by atoms with van der Waals surface area (Å²) >= 11 is 3.39. The summed E-state index contributed by atoms with van der Waals surface area (Å²) in [6.07, 6.45) is 3.86. The molecular formula is C16H13BrN2O3. The molecule has 2 heterocycles. The highest BCUT2D eigenvalue weighted by Gasteiger charge is 2.10. The quantitative estimate of drug-likeness (QED) is 0.668. The lowest BCUT2D eigenvalue weighted by molar-refractivity contribution is 0.0600. The van der Waals surface area contributed by atoms with Crippen LogP contribution < -0.4 is 4.74 Å².